The molecule has 0 aromatic heterocycles. The topological polar surface area (TPSA) is 6.48 Å². The fraction of sp³-hybridized carbons (Fsp3) is 0.107. The summed E-state index contributed by atoms with van der Waals surface area (Å²) in [4.78, 5) is 4.82. The summed E-state index contributed by atoms with van der Waals surface area (Å²) in [7, 11) is 0. The molecule has 0 fully saturated rings. The molecule has 0 N–H and O–H groups in total. The molecule has 0 heterocycles. The molecule has 9 aromatic carbocycles. The van der Waals surface area contributed by atoms with Gasteiger partial charge < -0.3 is 9.80 Å². The van der Waals surface area contributed by atoms with E-state index in [0.29, 0.717) is 0 Å². The van der Waals surface area contributed by atoms with Gasteiger partial charge in [-0.15, -0.1) is 0 Å². The van der Waals surface area contributed by atoms with Crippen molar-refractivity contribution < 1.29 is 0 Å². The van der Waals surface area contributed by atoms with E-state index in [1.165, 1.54) is 77.2 Å². The van der Waals surface area contributed by atoms with Gasteiger partial charge in [-0.1, -0.05) is 120 Å². The molecule has 9 rings (SSSR count). The number of fused-ring (bicyclic) bond motifs is 2. The van der Waals surface area contributed by atoms with Crippen molar-refractivity contribution in [3.63, 3.8) is 0 Å². The highest BCUT2D eigenvalue weighted by atomic mass is 15.1. The number of rotatable bonds is 8. The van der Waals surface area contributed by atoms with Gasteiger partial charge in [0.25, 0.3) is 0 Å². The summed E-state index contributed by atoms with van der Waals surface area (Å²) in [6, 6.07) is 67.5. The van der Waals surface area contributed by atoms with Crippen molar-refractivity contribution in [2.45, 2.75) is 41.5 Å². The van der Waals surface area contributed by atoms with Crippen molar-refractivity contribution >= 4 is 55.7 Å². The zero-order valence-corrected chi connectivity index (χ0v) is 34.2. The molecule has 2 nitrogen and oxygen atoms in total. The first-order valence-corrected chi connectivity index (χ1v) is 20.2. The second kappa shape index (κ2) is 15.2. The van der Waals surface area contributed by atoms with E-state index in [1.54, 1.807) is 0 Å². The van der Waals surface area contributed by atoms with Crippen LogP contribution in [0.1, 0.15) is 33.4 Å². The second-order valence-corrected chi connectivity index (χ2v) is 16.0. The highest BCUT2D eigenvalue weighted by molar-refractivity contribution is 6.22. The summed E-state index contributed by atoms with van der Waals surface area (Å²) in [5.74, 6) is 0. The predicted octanol–water partition coefficient (Wildman–Crippen LogP) is 16.1. The van der Waals surface area contributed by atoms with E-state index in [-0.39, 0.29) is 0 Å². The predicted molar refractivity (Wildman–Crippen MR) is 250 cm³/mol. The molecule has 9 aromatic rings. The Kier molecular flexibility index (Phi) is 9.63. The summed E-state index contributed by atoms with van der Waals surface area (Å²) in [5.41, 5.74) is 19.1. The monoisotopic (exact) mass is 748 g/mol. The normalized spacial score (nSPS) is 11.3. The zero-order chi connectivity index (χ0) is 39.9. The van der Waals surface area contributed by atoms with Crippen LogP contribution in [0.2, 0.25) is 0 Å². The van der Waals surface area contributed by atoms with Crippen molar-refractivity contribution in [2.24, 2.45) is 0 Å². The van der Waals surface area contributed by atoms with Gasteiger partial charge in [0.2, 0.25) is 0 Å². The summed E-state index contributed by atoms with van der Waals surface area (Å²) < 4.78 is 0. The van der Waals surface area contributed by atoms with Crippen molar-refractivity contribution in [3.8, 4) is 22.3 Å². The molecule has 0 spiro atoms. The van der Waals surface area contributed by atoms with E-state index in [2.05, 4.69) is 233 Å². The average molecular weight is 749 g/mol. The van der Waals surface area contributed by atoms with E-state index in [1.807, 2.05) is 0 Å². The quantitative estimate of drug-likeness (QED) is 0.143. The van der Waals surface area contributed by atoms with Crippen LogP contribution in [0, 0.1) is 41.5 Å². The van der Waals surface area contributed by atoms with E-state index >= 15 is 0 Å². The molecule has 0 aliphatic carbocycles. The van der Waals surface area contributed by atoms with Crippen LogP contribution in [-0.4, -0.2) is 0 Å². The highest BCUT2D eigenvalue weighted by Crippen LogP contribution is 2.48. The fourth-order valence-corrected chi connectivity index (χ4v) is 8.76. The van der Waals surface area contributed by atoms with Gasteiger partial charge in [-0.3, -0.25) is 0 Å². The van der Waals surface area contributed by atoms with Gasteiger partial charge in [0, 0.05) is 34.1 Å². The summed E-state index contributed by atoms with van der Waals surface area (Å²) >= 11 is 0. The third-order valence-corrected chi connectivity index (χ3v) is 11.2. The van der Waals surface area contributed by atoms with Crippen LogP contribution >= 0.6 is 0 Å². The summed E-state index contributed by atoms with van der Waals surface area (Å²) in [6.07, 6.45) is 0. The molecule has 0 amide bonds. The van der Waals surface area contributed by atoms with Crippen LogP contribution in [0.25, 0.3) is 43.8 Å². The number of hydrogen-bond acceptors (Lipinski definition) is 2. The van der Waals surface area contributed by atoms with Crippen LogP contribution in [0.15, 0.2) is 182 Å². The van der Waals surface area contributed by atoms with Crippen LogP contribution in [-0.2, 0) is 0 Å². The molecule has 0 radical (unpaired) electrons. The minimum absolute atomic E-state index is 1.12. The van der Waals surface area contributed by atoms with Crippen LogP contribution in [0.3, 0.4) is 0 Å². The first-order valence-electron chi connectivity index (χ1n) is 20.2. The van der Waals surface area contributed by atoms with Crippen molar-refractivity contribution in [1.82, 2.24) is 0 Å². The zero-order valence-electron chi connectivity index (χ0n) is 34.2. The molecule has 0 aliphatic heterocycles. The van der Waals surface area contributed by atoms with Crippen LogP contribution < -0.4 is 9.80 Å². The van der Waals surface area contributed by atoms with Gasteiger partial charge in [-0.25, -0.2) is 0 Å². The first-order chi connectivity index (χ1) is 28.2. The number of aryl methyl sites for hydroxylation is 6. The van der Waals surface area contributed by atoms with Gasteiger partial charge in [0.05, 0.1) is 0 Å². The molecule has 2 heteroatoms. The Morgan fingerprint density at radius 3 is 0.914 bits per heavy atom. The molecule has 0 saturated carbocycles. The molecule has 0 bridgehead atoms. The number of nitrogens with zero attached hydrogens (tertiary/aromatic N) is 2. The van der Waals surface area contributed by atoms with Crippen molar-refractivity contribution in [2.75, 3.05) is 9.80 Å². The lowest BCUT2D eigenvalue weighted by atomic mass is 9.85. The maximum absolute atomic E-state index is 2.42. The van der Waals surface area contributed by atoms with Gasteiger partial charge >= 0.3 is 0 Å². The summed E-state index contributed by atoms with van der Waals surface area (Å²) in [5, 5.41) is 4.87. The van der Waals surface area contributed by atoms with E-state index in [0.717, 1.165) is 34.1 Å². The van der Waals surface area contributed by atoms with Crippen LogP contribution in [0.4, 0.5) is 34.1 Å². The van der Waals surface area contributed by atoms with E-state index < -0.39 is 0 Å². The lowest BCUT2D eigenvalue weighted by Gasteiger charge is -2.29. The number of anilines is 6. The lowest BCUT2D eigenvalue weighted by molar-refractivity contribution is 1.25. The third-order valence-electron chi connectivity index (χ3n) is 11.2. The maximum atomic E-state index is 2.42. The maximum Gasteiger partial charge on any atom is 0.0468 e. The smallest absolute Gasteiger partial charge is 0.0468 e. The number of hydrogen-bond donors (Lipinski definition) is 0. The minimum Gasteiger partial charge on any atom is -0.310 e. The highest BCUT2D eigenvalue weighted by Gasteiger charge is 2.22. The van der Waals surface area contributed by atoms with Crippen molar-refractivity contribution in [3.05, 3.63) is 215 Å². The molecular weight excluding hydrogens is 701 g/mol. The molecule has 282 valence electrons. The van der Waals surface area contributed by atoms with Gasteiger partial charge in [0.15, 0.2) is 0 Å². The van der Waals surface area contributed by atoms with E-state index in [9.17, 15) is 0 Å². The minimum atomic E-state index is 1.12. The van der Waals surface area contributed by atoms with E-state index in [4.69, 9.17) is 0 Å². The molecule has 0 atom stereocenters. The van der Waals surface area contributed by atoms with Crippen molar-refractivity contribution in [1.29, 1.82) is 0 Å². The first kappa shape index (κ1) is 36.7. The SMILES string of the molecule is Cc1ccc(N(c2cc(C)cc(C)c2)c2ccc3c(-c4ccccc4)c4cc(N(c5ccc(C)cc5)c5cc(C)cc(C)c5)ccc4c(-c4ccccc4)c3c2)cc1. The molecule has 0 unspecified atom stereocenters. The Morgan fingerprint density at radius 1 is 0.241 bits per heavy atom. The lowest BCUT2D eigenvalue weighted by Crippen LogP contribution is -2.11. The molecule has 0 aliphatic rings. The third kappa shape index (κ3) is 7.03. The van der Waals surface area contributed by atoms with Crippen LogP contribution in [0.5, 0.6) is 0 Å². The largest absolute Gasteiger partial charge is 0.310 e. The van der Waals surface area contributed by atoms with Gasteiger partial charge in [0.1, 0.15) is 0 Å². The second-order valence-electron chi connectivity index (χ2n) is 16.0. The molecule has 58 heavy (non-hydrogen) atoms. The van der Waals surface area contributed by atoms with Gasteiger partial charge in [-0.2, -0.15) is 0 Å². The Morgan fingerprint density at radius 2 is 0.569 bits per heavy atom. The van der Waals surface area contributed by atoms with Gasteiger partial charge in [-0.05, 0) is 180 Å². The average Bonchev–Trinajstić information content (AvgIpc) is 3.21. The Bertz CT molecular complexity index is 2680. The Balaban J connectivity index is 1.37. The Labute approximate surface area is 343 Å². The standard InChI is InChI=1S/C56H48N2/c1-37-17-21-45(22-18-37)57(49-31-39(3)29-40(4)32-49)47-25-27-51-53(35-47)55(43-13-9-7-10-14-43)52-28-26-48(36-54(52)56(51)44-15-11-8-12-16-44)58(46-23-19-38(2)20-24-46)50-33-41(5)30-42(6)34-50/h7-36H,1-6H3. The fourth-order valence-electron chi connectivity index (χ4n) is 8.76. The summed E-state index contributed by atoms with van der Waals surface area (Å²) in [6.45, 7) is 13.0. The Hall–Kier alpha value is -6.90. The molecule has 0 saturated heterocycles. The molecular formula is C56H48N2. The number of benzene rings is 9.